The van der Waals surface area contributed by atoms with Crippen LogP contribution in [0.5, 0.6) is 5.75 Å². The van der Waals surface area contributed by atoms with Crippen LogP contribution >= 0.6 is 0 Å². The van der Waals surface area contributed by atoms with E-state index in [1.165, 1.54) is 0 Å². The van der Waals surface area contributed by atoms with Gasteiger partial charge in [-0.3, -0.25) is 5.32 Å². The maximum Gasteiger partial charge on any atom is 0.409 e. The summed E-state index contributed by atoms with van der Waals surface area (Å²) in [6, 6.07) is 10.1. The molecule has 0 aliphatic rings. The lowest BCUT2D eigenvalue weighted by Crippen LogP contribution is -2.06. The molecule has 15 heavy (non-hydrogen) atoms. The predicted molar refractivity (Wildman–Crippen MR) is 57.3 cm³/mol. The Morgan fingerprint density at radius 2 is 1.80 bits per heavy atom. The predicted octanol–water partition coefficient (Wildman–Crippen LogP) is 2.64. The number of hydrogen-bond donors (Lipinski definition) is 3. The number of rotatable bonds is 1. The summed E-state index contributed by atoms with van der Waals surface area (Å²) in [4.78, 5) is 10.4. The van der Waals surface area contributed by atoms with E-state index in [9.17, 15) is 9.90 Å². The summed E-state index contributed by atoms with van der Waals surface area (Å²) >= 11 is 0. The molecule has 0 aliphatic carbocycles. The Labute approximate surface area is 85.8 Å². The van der Waals surface area contributed by atoms with Crippen molar-refractivity contribution in [3.8, 4) is 5.75 Å². The van der Waals surface area contributed by atoms with E-state index in [0.717, 1.165) is 10.8 Å². The first-order chi connectivity index (χ1) is 7.15. The standard InChI is InChI=1S/C11H9NO3/c13-10-4-2-7-1-3-9(12-11(14)15)5-8(7)6-10/h1-6,12-13H,(H,14,15). The van der Waals surface area contributed by atoms with Crippen LogP contribution < -0.4 is 5.32 Å². The zero-order valence-electron chi connectivity index (χ0n) is 7.77. The maximum atomic E-state index is 10.4. The van der Waals surface area contributed by atoms with Crippen LogP contribution in [0.25, 0.3) is 10.8 Å². The van der Waals surface area contributed by atoms with Gasteiger partial charge in [0.2, 0.25) is 0 Å². The fourth-order valence-electron chi connectivity index (χ4n) is 1.44. The van der Waals surface area contributed by atoms with Crippen molar-refractivity contribution in [3.63, 3.8) is 0 Å². The molecule has 2 aromatic carbocycles. The van der Waals surface area contributed by atoms with Crippen molar-refractivity contribution >= 4 is 22.6 Å². The first-order valence-corrected chi connectivity index (χ1v) is 4.38. The molecule has 0 spiro atoms. The van der Waals surface area contributed by atoms with Crippen molar-refractivity contribution < 1.29 is 15.0 Å². The van der Waals surface area contributed by atoms with E-state index in [4.69, 9.17) is 5.11 Å². The summed E-state index contributed by atoms with van der Waals surface area (Å²) in [6.45, 7) is 0. The van der Waals surface area contributed by atoms with E-state index >= 15 is 0 Å². The van der Waals surface area contributed by atoms with Gasteiger partial charge in [-0.2, -0.15) is 0 Å². The van der Waals surface area contributed by atoms with E-state index in [-0.39, 0.29) is 5.75 Å². The highest BCUT2D eigenvalue weighted by molar-refractivity contribution is 5.91. The molecular formula is C11H9NO3. The van der Waals surface area contributed by atoms with Gasteiger partial charge in [-0.25, -0.2) is 4.79 Å². The van der Waals surface area contributed by atoms with Gasteiger partial charge in [0, 0.05) is 5.69 Å². The molecule has 0 heterocycles. The summed E-state index contributed by atoms with van der Waals surface area (Å²) in [5.41, 5.74) is 0.487. The summed E-state index contributed by atoms with van der Waals surface area (Å²) < 4.78 is 0. The van der Waals surface area contributed by atoms with Gasteiger partial charge in [-0.05, 0) is 35.0 Å². The number of aromatic hydroxyl groups is 1. The number of fused-ring (bicyclic) bond motifs is 1. The van der Waals surface area contributed by atoms with E-state index in [2.05, 4.69) is 5.32 Å². The number of benzene rings is 2. The van der Waals surface area contributed by atoms with Crippen molar-refractivity contribution in [1.29, 1.82) is 0 Å². The Hall–Kier alpha value is -2.23. The third kappa shape index (κ3) is 1.99. The van der Waals surface area contributed by atoms with Gasteiger partial charge in [0.25, 0.3) is 0 Å². The molecule has 3 N–H and O–H groups in total. The number of amides is 1. The van der Waals surface area contributed by atoms with E-state index in [1.54, 1.807) is 36.4 Å². The second kappa shape index (κ2) is 3.49. The van der Waals surface area contributed by atoms with Crippen LogP contribution in [0.3, 0.4) is 0 Å². The first-order valence-electron chi connectivity index (χ1n) is 4.38. The zero-order chi connectivity index (χ0) is 10.8. The fraction of sp³-hybridized carbons (Fsp3) is 0. The van der Waals surface area contributed by atoms with Crippen molar-refractivity contribution in [2.45, 2.75) is 0 Å². The molecule has 4 nitrogen and oxygen atoms in total. The molecule has 0 radical (unpaired) electrons. The molecule has 0 aromatic heterocycles. The van der Waals surface area contributed by atoms with Crippen LogP contribution in [0.1, 0.15) is 0 Å². The number of carboxylic acid groups (broad SMARTS) is 1. The normalized spacial score (nSPS) is 10.1. The van der Waals surface area contributed by atoms with Crippen LogP contribution in [0.2, 0.25) is 0 Å². The average Bonchev–Trinajstić information content (AvgIpc) is 2.16. The van der Waals surface area contributed by atoms with Crippen molar-refractivity contribution in [1.82, 2.24) is 0 Å². The van der Waals surface area contributed by atoms with Crippen LogP contribution in [-0.2, 0) is 0 Å². The Morgan fingerprint density at radius 3 is 2.53 bits per heavy atom. The SMILES string of the molecule is O=C(O)Nc1ccc2ccc(O)cc2c1. The van der Waals surface area contributed by atoms with Gasteiger partial charge in [-0.15, -0.1) is 0 Å². The minimum absolute atomic E-state index is 0.162. The van der Waals surface area contributed by atoms with Gasteiger partial charge >= 0.3 is 6.09 Å². The number of anilines is 1. The Kier molecular flexibility index (Phi) is 2.17. The molecule has 2 aromatic rings. The third-order valence-corrected chi connectivity index (χ3v) is 2.08. The monoisotopic (exact) mass is 203 g/mol. The topological polar surface area (TPSA) is 69.6 Å². The second-order valence-corrected chi connectivity index (χ2v) is 3.18. The maximum absolute atomic E-state index is 10.4. The number of phenolic OH excluding ortho intramolecular Hbond substituents is 1. The number of hydrogen-bond acceptors (Lipinski definition) is 2. The van der Waals surface area contributed by atoms with Gasteiger partial charge < -0.3 is 10.2 Å². The highest BCUT2D eigenvalue weighted by Crippen LogP contribution is 2.23. The molecule has 1 amide bonds. The van der Waals surface area contributed by atoms with E-state index in [1.807, 2.05) is 0 Å². The number of nitrogens with one attached hydrogen (secondary N) is 1. The molecule has 0 atom stereocenters. The molecule has 0 bridgehead atoms. The Morgan fingerprint density at radius 1 is 1.07 bits per heavy atom. The minimum atomic E-state index is -1.10. The quantitative estimate of drug-likeness (QED) is 0.667. The van der Waals surface area contributed by atoms with Crippen LogP contribution in [0, 0.1) is 0 Å². The molecule has 0 aliphatic heterocycles. The molecule has 2 rings (SSSR count). The average molecular weight is 203 g/mol. The lowest BCUT2D eigenvalue weighted by atomic mass is 10.1. The van der Waals surface area contributed by atoms with E-state index < -0.39 is 6.09 Å². The van der Waals surface area contributed by atoms with E-state index in [0.29, 0.717) is 5.69 Å². The lowest BCUT2D eigenvalue weighted by molar-refractivity contribution is 0.210. The number of phenols is 1. The van der Waals surface area contributed by atoms with Gasteiger partial charge in [-0.1, -0.05) is 12.1 Å². The summed E-state index contributed by atoms with van der Waals surface area (Å²) in [7, 11) is 0. The summed E-state index contributed by atoms with van der Waals surface area (Å²) in [5.74, 6) is 0.162. The third-order valence-electron chi connectivity index (χ3n) is 2.08. The molecule has 0 fully saturated rings. The van der Waals surface area contributed by atoms with Crippen LogP contribution in [0.4, 0.5) is 10.5 Å². The molecule has 4 heteroatoms. The molecule has 0 saturated carbocycles. The largest absolute Gasteiger partial charge is 0.508 e. The highest BCUT2D eigenvalue weighted by atomic mass is 16.4. The van der Waals surface area contributed by atoms with Crippen LogP contribution in [-0.4, -0.2) is 16.3 Å². The zero-order valence-corrected chi connectivity index (χ0v) is 7.77. The summed E-state index contributed by atoms with van der Waals surface area (Å²) in [5, 5.41) is 21.8. The highest BCUT2D eigenvalue weighted by Gasteiger charge is 2.00. The fourth-order valence-corrected chi connectivity index (χ4v) is 1.44. The van der Waals surface area contributed by atoms with Crippen molar-refractivity contribution in [2.24, 2.45) is 0 Å². The van der Waals surface area contributed by atoms with Gasteiger partial charge in [0.05, 0.1) is 0 Å². The van der Waals surface area contributed by atoms with Crippen LogP contribution in [0.15, 0.2) is 36.4 Å². The Bertz CT molecular complexity index is 522. The lowest BCUT2D eigenvalue weighted by Gasteiger charge is -2.03. The Balaban J connectivity index is 2.49. The second-order valence-electron chi connectivity index (χ2n) is 3.18. The van der Waals surface area contributed by atoms with Gasteiger partial charge in [0.1, 0.15) is 5.75 Å². The molecular weight excluding hydrogens is 194 g/mol. The van der Waals surface area contributed by atoms with Crippen molar-refractivity contribution in [2.75, 3.05) is 5.32 Å². The van der Waals surface area contributed by atoms with Gasteiger partial charge in [0.15, 0.2) is 0 Å². The smallest absolute Gasteiger partial charge is 0.409 e. The molecule has 0 unspecified atom stereocenters. The molecule has 76 valence electrons. The number of carbonyl (C=O) groups is 1. The summed E-state index contributed by atoms with van der Waals surface area (Å²) in [6.07, 6.45) is -1.10. The first kappa shape index (κ1) is 9.33. The molecule has 0 saturated heterocycles. The van der Waals surface area contributed by atoms with Crippen molar-refractivity contribution in [3.05, 3.63) is 36.4 Å². The minimum Gasteiger partial charge on any atom is -0.508 e.